The molecule has 1 saturated carbocycles. The zero-order valence-corrected chi connectivity index (χ0v) is 21.4. The molecule has 9 amide bonds. The Morgan fingerprint density at radius 3 is 1.82 bits per heavy atom. The van der Waals surface area contributed by atoms with Gasteiger partial charge >= 0.3 is 18.0 Å². The van der Waals surface area contributed by atoms with Crippen molar-refractivity contribution in [2.24, 2.45) is 16.6 Å². The molecule has 212 valence electrons. The van der Waals surface area contributed by atoms with Crippen LogP contribution in [0.1, 0.15) is 13.8 Å². The van der Waals surface area contributed by atoms with Gasteiger partial charge in [-0.1, -0.05) is 0 Å². The molecule has 0 unspecified atom stereocenters. The lowest BCUT2D eigenvalue weighted by atomic mass is 9.42. The highest BCUT2D eigenvalue weighted by atomic mass is 16.4. The lowest BCUT2D eigenvalue weighted by Gasteiger charge is -2.71. The van der Waals surface area contributed by atoms with Crippen LogP contribution >= 0.6 is 0 Å². The smallest absolute Gasteiger partial charge is 0.324 e. The minimum atomic E-state index is -1.61. The monoisotopic (exact) mass is 550 g/mol. The minimum absolute atomic E-state index is 0.00508. The minimum Gasteiger partial charge on any atom is -0.480 e. The lowest BCUT2D eigenvalue weighted by molar-refractivity contribution is -0.214. The summed E-state index contributed by atoms with van der Waals surface area (Å²) in [5.41, 5.74) is 2.39. The Morgan fingerprint density at radius 1 is 0.872 bits per heavy atom. The van der Waals surface area contributed by atoms with Crippen LogP contribution in [0.2, 0.25) is 0 Å². The summed E-state index contributed by atoms with van der Waals surface area (Å²) >= 11 is 0. The van der Waals surface area contributed by atoms with Gasteiger partial charge in [-0.3, -0.25) is 39.4 Å². The Morgan fingerprint density at radius 2 is 1.36 bits per heavy atom. The average molecular weight is 551 g/mol. The third kappa shape index (κ3) is 4.21. The van der Waals surface area contributed by atoms with Crippen LogP contribution in [0.5, 0.6) is 0 Å². The Labute approximate surface area is 221 Å². The molecule has 3 saturated heterocycles. The molecule has 39 heavy (non-hydrogen) atoms. The molecule has 3 heterocycles. The highest BCUT2D eigenvalue weighted by Gasteiger charge is 2.81. The van der Waals surface area contributed by atoms with Crippen LogP contribution < -0.4 is 21.7 Å². The molecule has 0 spiro atoms. The molecule has 0 aromatic rings. The van der Waals surface area contributed by atoms with Gasteiger partial charge in [0.2, 0.25) is 29.5 Å². The van der Waals surface area contributed by atoms with Crippen LogP contribution in [0, 0.1) is 10.8 Å². The fraction of sp³-hybridized carbons (Fsp3) is 0.636. The quantitative estimate of drug-likeness (QED) is 0.226. The van der Waals surface area contributed by atoms with Crippen LogP contribution in [-0.2, 0) is 28.8 Å². The number of imide groups is 2. The molecular formula is C22H30N8O9. The molecule has 17 heteroatoms. The first kappa shape index (κ1) is 27.7. The van der Waals surface area contributed by atoms with E-state index >= 15 is 0 Å². The molecule has 17 nitrogen and oxygen atoms in total. The third-order valence-electron chi connectivity index (χ3n) is 8.22. The number of hydrogen-bond donors (Lipinski definition) is 5. The second-order valence-electron chi connectivity index (χ2n) is 10.2. The van der Waals surface area contributed by atoms with E-state index in [4.69, 9.17) is 5.73 Å². The second-order valence-corrected chi connectivity index (χ2v) is 10.2. The lowest BCUT2D eigenvalue weighted by Crippen LogP contribution is -2.91. The summed E-state index contributed by atoms with van der Waals surface area (Å²) in [6.45, 7) is -0.0516. The molecular weight excluding hydrogens is 520 g/mol. The maximum absolute atomic E-state index is 13.3. The number of aliphatic carboxylic acids is 1. The predicted octanol–water partition coefficient (Wildman–Crippen LogP) is -4.32. The number of amides is 9. The summed E-state index contributed by atoms with van der Waals surface area (Å²) in [6, 6.07) is -4.31. The molecule has 4 aliphatic rings. The van der Waals surface area contributed by atoms with Crippen molar-refractivity contribution in [3.8, 4) is 0 Å². The Bertz CT molecular complexity index is 1160. The number of nitrogens with two attached hydrogens (primary N) is 1. The molecule has 4 atom stereocenters. The van der Waals surface area contributed by atoms with Gasteiger partial charge in [0.05, 0.1) is 29.5 Å². The molecule has 4 rings (SSSR count). The van der Waals surface area contributed by atoms with E-state index in [0.717, 1.165) is 19.6 Å². The van der Waals surface area contributed by atoms with Crippen LogP contribution in [0.3, 0.4) is 0 Å². The van der Waals surface area contributed by atoms with Gasteiger partial charge in [-0.2, -0.15) is 0 Å². The number of carboxylic acids is 1. The number of carbonyl (C=O) groups excluding carboxylic acids is 7. The molecule has 0 radical (unpaired) electrons. The van der Waals surface area contributed by atoms with Crippen molar-refractivity contribution in [3.05, 3.63) is 0 Å². The van der Waals surface area contributed by atoms with E-state index in [2.05, 4.69) is 16.0 Å². The molecule has 6 N–H and O–H groups in total. The molecule has 0 aromatic heterocycles. The predicted molar refractivity (Wildman–Crippen MR) is 127 cm³/mol. The SMILES string of the molecule is C[C@@]12C(=O)NC(=O)N3CC(=O)N(CCN)CC(=O)NCCN(CC(=O)O)C(=O)CN4C(=O)NC(=O)[C@]1(C)[C@H]4[C@H]32. The second kappa shape index (κ2) is 9.79. The van der Waals surface area contributed by atoms with Gasteiger partial charge in [-0.15, -0.1) is 0 Å². The van der Waals surface area contributed by atoms with E-state index in [1.165, 1.54) is 13.8 Å². The van der Waals surface area contributed by atoms with Crippen molar-refractivity contribution in [3.63, 3.8) is 0 Å². The standard InChI is InChI=1S/C22H30N8O9/c1-21-15-16-22(21,2)18(37)26-20(39)30(16)9-13(33)28(10-14(34)35)6-4-24-11(31)7-27(5-3-23)12(32)8-29(15)19(38)25-17(21)36/h15-16H,3-10,23H2,1-2H3,(H,24,31)(H,34,35)(H,25,36,38)(H,26,37,39)/t15-,16+,21+,22-/m0/s1. The van der Waals surface area contributed by atoms with E-state index in [1.807, 2.05) is 0 Å². The number of urea groups is 2. The van der Waals surface area contributed by atoms with Gasteiger partial charge in [-0.05, 0) is 13.8 Å². The number of nitrogens with one attached hydrogen (secondary N) is 3. The number of rotatable bonds is 4. The topological polar surface area (TPSA) is 232 Å². The number of nitrogens with zero attached hydrogens (tertiary/aromatic N) is 4. The third-order valence-corrected chi connectivity index (χ3v) is 8.22. The number of fused-ring (bicyclic) bond motifs is 1. The largest absolute Gasteiger partial charge is 0.480 e. The maximum atomic E-state index is 13.3. The summed E-state index contributed by atoms with van der Waals surface area (Å²) in [4.78, 5) is 107. The van der Waals surface area contributed by atoms with Crippen LogP contribution in [0.25, 0.3) is 0 Å². The van der Waals surface area contributed by atoms with Crippen molar-refractivity contribution < 1.29 is 43.5 Å². The Kier molecular flexibility index (Phi) is 6.97. The first-order chi connectivity index (χ1) is 18.3. The van der Waals surface area contributed by atoms with Gasteiger partial charge in [-0.25, -0.2) is 9.59 Å². The van der Waals surface area contributed by atoms with E-state index in [1.54, 1.807) is 0 Å². The van der Waals surface area contributed by atoms with Crippen molar-refractivity contribution in [2.45, 2.75) is 25.9 Å². The van der Waals surface area contributed by atoms with Gasteiger partial charge in [0.1, 0.15) is 19.6 Å². The van der Waals surface area contributed by atoms with Crippen molar-refractivity contribution in [2.75, 3.05) is 52.4 Å². The normalized spacial score (nSPS) is 31.9. The fourth-order valence-corrected chi connectivity index (χ4v) is 6.00. The Hall–Kier alpha value is -4.28. The van der Waals surface area contributed by atoms with E-state index in [-0.39, 0.29) is 26.2 Å². The van der Waals surface area contributed by atoms with Gasteiger partial charge in [0.15, 0.2) is 0 Å². The van der Waals surface area contributed by atoms with Crippen molar-refractivity contribution in [1.29, 1.82) is 0 Å². The molecule has 3 aliphatic heterocycles. The van der Waals surface area contributed by atoms with Crippen molar-refractivity contribution >= 4 is 47.6 Å². The highest BCUT2D eigenvalue weighted by molar-refractivity contribution is 6.11. The summed E-state index contributed by atoms with van der Waals surface area (Å²) in [5.74, 6) is -5.02. The number of carboxylic acid groups (broad SMARTS) is 1. The van der Waals surface area contributed by atoms with E-state index in [9.17, 15) is 43.5 Å². The molecule has 0 bridgehead atoms. The first-order valence-electron chi connectivity index (χ1n) is 12.3. The zero-order chi connectivity index (χ0) is 28.9. The van der Waals surface area contributed by atoms with E-state index < -0.39 is 96.7 Å². The van der Waals surface area contributed by atoms with Crippen LogP contribution in [0.4, 0.5) is 9.59 Å². The van der Waals surface area contributed by atoms with Crippen LogP contribution in [0.15, 0.2) is 0 Å². The number of carbonyl (C=O) groups is 8. The van der Waals surface area contributed by atoms with Gasteiger partial charge in [0, 0.05) is 26.2 Å². The van der Waals surface area contributed by atoms with Gasteiger partial charge < -0.3 is 35.8 Å². The highest BCUT2D eigenvalue weighted by Crippen LogP contribution is 2.62. The zero-order valence-electron chi connectivity index (χ0n) is 21.4. The summed E-state index contributed by atoms with van der Waals surface area (Å²) < 4.78 is 0. The number of hydrogen-bond acceptors (Lipinski definition) is 9. The molecule has 4 fully saturated rings. The molecule has 0 aromatic carbocycles. The van der Waals surface area contributed by atoms with Crippen LogP contribution in [-0.4, -0.2) is 137 Å². The summed E-state index contributed by atoms with van der Waals surface area (Å²) in [7, 11) is 0. The summed E-state index contributed by atoms with van der Waals surface area (Å²) in [5, 5.41) is 16.2. The first-order valence-corrected chi connectivity index (χ1v) is 12.3. The van der Waals surface area contributed by atoms with Gasteiger partial charge in [0.25, 0.3) is 0 Å². The Balaban J connectivity index is 1.81. The maximum Gasteiger partial charge on any atom is 0.324 e. The summed E-state index contributed by atoms with van der Waals surface area (Å²) in [6.07, 6.45) is 0. The fourth-order valence-electron chi connectivity index (χ4n) is 6.00. The molecule has 1 aliphatic carbocycles. The van der Waals surface area contributed by atoms with Crippen molar-refractivity contribution in [1.82, 2.24) is 35.6 Å². The average Bonchev–Trinajstić information content (AvgIpc) is 2.85. The van der Waals surface area contributed by atoms with E-state index in [0.29, 0.717) is 0 Å².